The third-order valence-corrected chi connectivity index (χ3v) is 5.51. The van der Waals surface area contributed by atoms with Gasteiger partial charge in [0.15, 0.2) is 0 Å². The van der Waals surface area contributed by atoms with Crippen LogP contribution >= 0.6 is 0 Å². The Morgan fingerprint density at radius 1 is 0.973 bits per heavy atom. The second-order valence-electron chi connectivity index (χ2n) is 8.38. The van der Waals surface area contributed by atoms with Crippen molar-refractivity contribution < 1.29 is 41.0 Å². The van der Waals surface area contributed by atoms with Gasteiger partial charge in [0.2, 0.25) is 5.88 Å². The maximum atomic E-state index is 13.4. The second-order valence-corrected chi connectivity index (χ2v) is 8.38. The van der Waals surface area contributed by atoms with Gasteiger partial charge in [0.05, 0.1) is 23.3 Å². The molecule has 0 aliphatic carbocycles. The van der Waals surface area contributed by atoms with Gasteiger partial charge in [-0.25, -0.2) is 4.98 Å². The molecular formula is C26H24F6N2O3. The summed E-state index contributed by atoms with van der Waals surface area (Å²) in [7, 11) is 1.28. The largest absolute Gasteiger partial charge is 0.478 e. The van der Waals surface area contributed by atoms with Crippen molar-refractivity contribution in [2.75, 3.05) is 20.3 Å². The molecule has 0 aliphatic rings. The number of pyridine rings is 1. The molecular weight excluding hydrogens is 502 g/mol. The minimum Gasteiger partial charge on any atom is -0.478 e. The van der Waals surface area contributed by atoms with Crippen LogP contribution in [0.5, 0.6) is 5.88 Å². The normalized spacial score (nSPS) is 11.9. The van der Waals surface area contributed by atoms with E-state index in [0.717, 1.165) is 10.5 Å². The Hall–Kier alpha value is -3.60. The van der Waals surface area contributed by atoms with Gasteiger partial charge in [0.25, 0.3) is 5.91 Å². The van der Waals surface area contributed by atoms with Crippen molar-refractivity contribution in [2.45, 2.75) is 32.2 Å². The van der Waals surface area contributed by atoms with E-state index in [-0.39, 0.29) is 36.3 Å². The fourth-order valence-electron chi connectivity index (χ4n) is 3.69. The van der Waals surface area contributed by atoms with Gasteiger partial charge < -0.3 is 14.7 Å². The number of aromatic nitrogens is 1. The van der Waals surface area contributed by atoms with E-state index in [2.05, 4.69) is 4.98 Å². The average molecular weight is 526 g/mol. The number of hydrogen-bond donors (Lipinski definition) is 1. The predicted molar refractivity (Wildman–Crippen MR) is 124 cm³/mol. The summed E-state index contributed by atoms with van der Waals surface area (Å²) in [4.78, 5) is 18.5. The molecule has 1 heterocycles. The topological polar surface area (TPSA) is 62.7 Å². The van der Waals surface area contributed by atoms with Gasteiger partial charge in [-0.2, -0.15) is 26.3 Å². The fraction of sp³-hybridized carbons (Fsp3) is 0.308. The number of carbonyl (C=O) groups excluding carboxylic acids is 1. The molecule has 1 amide bonds. The Balaban J connectivity index is 1.99. The second kappa shape index (κ2) is 11.2. The van der Waals surface area contributed by atoms with Gasteiger partial charge in [0.1, 0.15) is 0 Å². The molecule has 0 saturated heterocycles. The van der Waals surface area contributed by atoms with Crippen LogP contribution in [-0.4, -0.2) is 41.2 Å². The van der Waals surface area contributed by atoms with Crippen molar-refractivity contribution in [1.82, 2.24) is 9.88 Å². The highest BCUT2D eigenvalue weighted by Gasteiger charge is 2.37. The van der Waals surface area contributed by atoms with Crippen molar-refractivity contribution in [3.05, 3.63) is 82.5 Å². The summed E-state index contributed by atoms with van der Waals surface area (Å²) < 4.78 is 85.0. The number of carbonyl (C=O) groups is 1. The minimum absolute atomic E-state index is 0.0427. The summed E-state index contributed by atoms with van der Waals surface area (Å²) >= 11 is 0. The first-order chi connectivity index (χ1) is 17.3. The highest BCUT2D eigenvalue weighted by molar-refractivity contribution is 6.01. The minimum atomic E-state index is -4.99. The number of benzene rings is 2. The van der Waals surface area contributed by atoms with Gasteiger partial charge in [-0.3, -0.25) is 4.79 Å². The van der Waals surface area contributed by atoms with E-state index >= 15 is 0 Å². The number of rotatable bonds is 8. The molecule has 3 rings (SSSR count). The molecule has 0 radical (unpaired) electrons. The first-order valence-corrected chi connectivity index (χ1v) is 11.1. The van der Waals surface area contributed by atoms with Crippen LogP contribution in [0.1, 0.15) is 39.0 Å². The number of hydrogen-bond acceptors (Lipinski definition) is 4. The van der Waals surface area contributed by atoms with Crippen molar-refractivity contribution in [3.8, 4) is 17.0 Å². The smallest absolute Gasteiger partial charge is 0.416 e. The Bertz CT molecular complexity index is 1230. The third kappa shape index (κ3) is 7.00. The van der Waals surface area contributed by atoms with Crippen molar-refractivity contribution >= 4 is 5.91 Å². The Morgan fingerprint density at radius 3 is 2.16 bits per heavy atom. The number of amides is 1. The molecule has 0 unspecified atom stereocenters. The standard InChI is InChI=1S/C26H24F6N2O3/c1-16-6-3-4-7-20(16)21-13-23(37-9-5-8-35)33-14-22(21)24(36)34(2)15-17-10-18(25(27,28)29)12-19(11-17)26(30,31)32/h3-4,6-7,10-14,35H,5,8-9,15H2,1-2H3. The van der Waals surface area contributed by atoms with Gasteiger partial charge >= 0.3 is 12.4 Å². The molecule has 37 heavy (non-hydrogen) atoms. The van der Waals surface area contributed by atoms with Crippen LogP contribution in [-0.2, 0) is 18.9 Å². The number of alkyl halides is 6. The molecule has 5 nitrogen and oxygen atoms in total. The highest BCUT2D eigenvalue weighted by atomic mass is 19.4. The van der Waals surface area contributed by atoms with Gasteiger partial charge in [0, 0.05) is 44.4 Å². The van der Waals surface area contributed by atoms with Crippen molar-refractivity contribution in [1.29, 1.82) is 0 Å². The molecule has 0 fully saturated rings. The summed E-state index contributed by atoms with van der Waals surface area (Å²) in [5.41, 5.74) is -1.22. The molecule has 11 heteroatoms. The number of aliphatic hydroxyl groups excluding tert-OH is 1. The van der Waals surface area contributed by atoms with E-state index < -0.39 is 35.9 Å². The summed E-state index contributed by atoms with van der Waals surface area (Å²) in [6.07, 6.45) is -8.37. The fourth-order valence-corrected chi connectivity index (χ4v) is 3.69. The Labute approximate surface area is 209 Å². The SMILES string of the molecule is Cc1ccccc1-c1cc(OCCCO)ncc1C(=O)N(C)Cc1cc(C(F)(F)F)cc(C(F)(F)F)c1. The number of aliphatic hydroxyl groups is 1. The van der Waals surface area contributed by atoms with E-state index in [0.29, 0.717) is 29.7 Å². The lowest BCUT2D eigenvalue weighted by molar-refractivity contribution is -0.143. The maximum absolute atomic E-state index is 13.4. The van der Waals surface area contributed by atoms with Gasteiger partial charge in [-0.15, -0.1) is 0 Å². The van der Waals surface area contributed by atoms with Gasteiger partial charge in [-0.05, 0) is 41.8 Å². The number of halogens is 6. The Morgan fingerprint density at radius 2 is 1.59 bits per heavy atom. The predicted octanol–water partition coefficient (Wildman–Crippen LogP) is 6.13. The van der Waals surface area contributed by atoms with Crippen molar-refractivity contribution in [2.24, 2.45) is 0 Å². The van der Waals surface area contributed by atoms with Crippen LogP contribution in [0.2, 0.25) is 0 Å². The van der Waals surface area contributed by atoms with Crippen LogP contribution in [0.4, 0.5) is 26.3 Å². The maximum Gasteiger partial charge on any atom is 0.416 e. The first-order valence-electron chi connectivity index (χ1n) is 11.1. The summed E-state index contributed by atoms with van der Waals surface area (Å²) in [6, 6.07) is 9.91. The van der Waals surface area contributed by atoms with Crippen LogP contribution < -0.4 is 4.74 Å². The molecule has 198 valence electrons. The number of aryl methyl sites for hydroxylation is 1. The average Bonchev–Trinajstić information content (AvgIpc) is 2.83. The van der Waals surface area contributed by atoms with E-state index in [9.17, 15) is 31.1 Å². The molecule has 1 N–H and O–H groups in total. The van der Waals surface area contributed by atoms with Crippen LogP contribution in [0.25, 0.3) is 11.1 Å². The van der Waals surface area contributed by atoms with Crippen molar-refractivity contribution in [3.63, 3.8) is 0 Å². The lowest BCUT2D eigenvalue weighted by Gasteiger charge is -2.21. The van der Waals surface area contributed by atoms with E-state index in [4.69, 9.17) is 9.84 Å². The molecule has 2 aromatic carbocycles. The first kappa shape index (κ1) is 28.0. The zero-order valence-electron chi connectivity index (χ0n) is 20.0. The van der Waals surface area contributed by atoms with Crippen LogP contribution in [0.15, 0.2) is 54.7 Å². The quantitative estimate of drug-likeness (QED) is 0.284. The highest BCUT2D eigenvalue weighted by Crippen LogP contribution is 2.37. The van der Waals surface area contributed by atoms with Gasteiger partial charge in [-0.1, -0.05) is 24.3 Å². The lowest BCUT2D eigenvalue weighted by atomic mass is 9.96. The monoisotopic (exact) mass is 526 g/mol. The molecule has 1 aromatic heterocycles. The summed E-state index contributed by atoms with van der Waals surface area (Å²) in [5.74, 6) is -0.461. The third-order valence-electron chi connectivity index (χ3n) is 5.51. The van der Waals surface area contributed by atoms with E-state index in [1.165, 1.54) is 19.3 Å². The zero-order valence-corrected chi connectivity index (χ0v) is 20.0. The number of nitrogens with zero attached hydrogens (tertiary/aromatic N) is 2. The Kier molecular flexibility index (Phi) is 8.47. The van der Waals surface area contributed by atoms with Crippen LogP contribution in [0.3, 0.4) is 0 Å². The van der Waals surface area contributed by atoms with Crippen LogP contribution in [0, 0.1) is 6.92 Å². The molecule has 3 aromatic rings. The number of ether oxygens (including phenoxy) is 1. The molecule has 0 bridgehead atoms. The summed E-state index contributed by atoms with van der Waals surface area (Å²) in [5, 5.41) is 8.96. The molecule has 0 saturated carbocycles. The molecule has 0 spiro atoms. The van der Waals surface area contributed by atoms with E-state index in [1.807, 2.05) is 13.0 Å². The molecule has 0 aliphatic heterocycles. The lowest BCUT2D eigenvalue weighted by Crippen LogP contribution is -2.27. The van der Waals surface area contributed by atoms with E-state index in [1.54, 1.807) is 18.2 Å². The molecule has 0 atom stereocenters. The zero-order chi connectivity index (χ0) is 27.4. The summed E-state index contributed by atoms with van der Waals surface area (Å²) in [6.45, 7) is 1.41.